The lowest BCUT2D eigenvalue weighted by molar-refractivity contribution is -0.121. The van der Waals surface area contributed by atoms with Crippen molar-refractivity contribution < 1.29 is 19.1 Å². The first-order chi connectivity index (χ1) is 10.6. The second-order valence-corrected chi connectivity index (χ2v) is 6.92. The van der Waals surface area contributed by atoms with Crippen LogP contribution >= 0.6 is 0 Å². The summed E-state index contributed by atoms with van der Waals surface area (Å²) in [5.74, 6) is -0.100. The first-order valence-electron chi connectivity index (χ1n) is 7.88. The van der Waals surface area contributed by atoms with Crippen molar-refractivity contribution in [2.24, 2.45) is 11.3 Å². The Balaban J connectivity index is 3.30. The van der Waals surface area contributed by atoms with Gasteiger partial charge in [0, 0.05) is 11.1 Å². The molecule has 128 valence electrons. The smallest absolute Gasteiger partial charge is 0.228 e. The molecule has 0 fully saturated rings. The number of ether oxygens (including phenoxy) is 2. The monoisotopic (exact) mass is 320 g/mol. The van der Waals surface area contributed by atoms with Gasteiger partial charge < -0.3 is 9.47 Å². The molecular formula is C19H28O4. The summed E-state index contributed by atoms with van der Waals surface area (Å²) in [6, 6.07) is 0. The molecule has 0 saturated heterocycles. The first kappa shape index (κ1) is 19.2. The van der Waals surface area contributed by atoms with E-state index < -0.39 is 5.41 Å². The third-order valence-corrected chi connectivity index (χ3v) is 4.49. The standard InChI is InChI=1S/C19H28O4/c1-11(2)12(3)9-10-19(5,6)14-13(4)15(20)17(22-7)18(23-8)16(14)21/h9,11H,10H2,1-8H3/b12-9+. The normalized spacial score (nSPS) is 17.3. The van der Waals surface area contributed by atoms with Crippen molar-refractivity contribution in [3.63, 3.8) is 0 Å². The summed E-state index contributed by atoms with van der Waals surface area (Å²) < 4.78 is 10.2. The fourth-order valence-corrected chi connectivity index (χ4v) is 2.71. The van der Waals surface area contributed by atoms with E-state index in [0.29, 0.717) is 23.5 Å². The van der Waals surface area contributed by atoms with E-state index in [0.717, 1.165) is 0 Å². The maximum Gasteiger partial charge on any atom is 0.228 e. The third-order valence-electron chi connectivity index (χ3n) is 4.49. The molecule has 0 aliphatic heterocycles. The molecule has 1 rings (SSSR count). The van der Waals surface area contributed by atoms with E-state index >= 15 is 0 Å². The summed E-state index contributed by atoms with van der Waals surface area (Å²) in [6.07, 6.45) is 2.83. The fraction of sp³-hybridized carbons (Fsp3) is 0.579. The number of ketones is 2. The fourth-order valence-electron chi connectivity index (χ4n) is 2.71. The van der Waals surface area contributed by atoms with Crippen molar-refractivity contribution in [3.05, 3.63) is 34.3 Å². The van der Waals surface area contributed by atoms with Crippen molar-refractivity contribution in [1.82, 2.24) is 0 Å². The molecule has 1 aliphatic rings. The topological polar surface area (TPSA) is 52.6 Å². The molecule has 1 aliphatic carbocycles. The van der Waals surface area contributed by atoms with Gasteiger partial charge in [-0.3, -0.25) is 9.59 Å². The average Bonchev–Trinajstić information content (AvgIpc) is 2.47. The molecule has 4 heteroatoms. The molecule has 0 aromatic rings. The number of rotatable bonds is 6. The van der Waals surface area contributed by atoms with Gasteiger partial charge in [0.15, 0.2) is 0 Å². The molecule has 0 amide bonds. The lowest BCUT2D eigenvalue weighted by Crippen LogP contribution is -2.32. The number of methoxy groups -OCH3 is 2. The highest BCUT2D eigenvalue weighted by Gasteiger charge is 2.40. The lowest BCUT2D eigenvalue weighted by Gasteiger charge is -2.31. The second-order valence-electron chi connectivity index (χ2n) is 6.92. The van der Waals surface area contributed by atoms with Crippen molar-refractivity contribution in [3.8, 4) is 0 Å². The SMILES string of the molecule is COC1=C(OC)C(=O)C(C(C)(C)C/C=C(\C)C(C)C)=C(C)C1=O. The maximum absolute atomic E-state index is 12.8. The average molecular weight is 320 g/mol. The van der Waals surface area contributed by atoms with Crippen LogP contribution in [0.4, 0.5) is 0 Å². The second kappa shape index (κ2) is 7.16. The lowest BCUT2D eigenvalue weighted by atomic mass is 9.73. The van der Waals surface area contributed by atoms with E-state index in [1.165, 1.54) is 19.8 Å². The summed E-state index contributed by atoms with van der Waals surface area (Å²) in [5.41, 5.74) is 1.75. The zero-order valence-corrected chi connectivity index (χ0v) is 15.5. The minimum absolute atomic E-state index is 0.00395. The molecule has 0 radical (unpaired) electrons. The summed E-state index contributed by atoms with van der Waals surface area (Å²) in [5, 5.41) is 0. The number of hydrogen-bond donors (Lipinski definition) is 0. The number of allylic oxidation sites excluding steroid dienone is 4. The first-order valence-corrected chi connectivity index (χ1v) is 7.88. The van der Waals surface area contributed by atoms with Gasteiger partial charge in [0.25, 0.3) is 0 Å². The van der Waals surface area contributed by atoms with Crippen LogP contribution in [-0.2, 0) is 19.1 Å². The Bertz CT molecular complexity index is 601. The van der Waals surface area contributed by atoms with Crippen LogP contribution in [0.15, 0.2) is 34.3 Å². The number of carbonyl (C=O) groups is 2. The van der Waals surface area contributed by atoms with Crippen molar-refractivity contribution in [1.29, 1.82) is 0 Å². The number of Topliss-reactive ketones (excluding diaryl/α,β-unsaturated/α-hetero) is 2. The molecule has 0 N–H and O–H groups in total. The van der Waals surface area contributed by atoms with Gasteiger partial charge in [-0.2, -0.15) is 0 Å². The molecular weight excluding hydrogens is 292 g/mol. The molecule has 0 aromatic heterocycles. The van der Waals surface area contributed by atoms with Crippen molar-refractivity contribution in [2.75, 3.05) is 14.2 Å². The van der Waals surface area contributed by atoms with E-state index in [1.807, 2.05) is 13.8 Å². The van der Waals surface area contributed by atoms with Crippen molar-refractivity contribution in [2.45, 2.75) is 48.0 Å². The summed E-state index contributed by atoms with van der Waals surface area (Å²) in [4.78, 5) is 25.3. The third kappa shape index (κ3) is 3.74. The Morgan fingerprint density at radius 3 is 2.00 bits per heavy atom. The number of carbonyl (C=O) groups excluding carboxylic acids is 2. The number of hydrogen-bond acceptors (Lipinski definition) is 4. The highest BCUT2D eigenvalue weighted by molar-refractivity contribution is 6.23. The quantitative estimate of drug-likeness (QED) is 0.549. The van der Waals surface area contributed by atoms with Crippen LogP contribution in [0, 0.1) is 11.3 Å². The predicted octanol–water partition coefficient (Wildman–Crippen LogP) is 3.98. The largest absolute Gasteiger partial charge is 0.489 e. The van der Waals surface area contributed by atoms with Gasteiger partial charge in [-0.15, -0.1) is 0 Å². The van der Waals surface area contributed by atoms with Crippen molar-refractivity contribution >= 4 is 11.6 Å². The molecule has 4 nitrogen and oxygen atoms in total. The molecule has 0 aromatic carbocycles. The summed E-state index contributed by atoms with van der Waals surface area (Å²) in [6.45, 7) is 12.0. The molecule has 0 unspecified atom stereocenters. The predicted molar refractivity (Wildman–Crippen MR) is 90.8 cm³/mol. The van der Waals surface area contributed by atoms with E-state index in [4.69, 9.17) is 9.47 Å². The van der Waals surface area contributed by atoms with E-state index in [9.17, 15) is 9.59 Å². The minimum Gasteiger partial charge on any atom is -0.489 e. The molecule has 0 heterocycles. The van der Waals surface area contributed by atoms with Gasteiger partial charge in [0.05, 0.1) is 14.2 Å². The summed E-state index contributed by atoms with van der Waals surface area (Å²) in [7, 11) is 2.76. The van der Waals surface area contributed by atoms with Crippen LogP contribution in [0.1, 0.15) is 48.0 Å². The van der Waals surface area contributed by atoms with Gasteiger partial charge in [-0.25, -0.2) is 0 Å². The molecule has 0 spiro atoms. The zero-order valence-electron chi connectivity index (χ0n) is 15.5. The summed E-state index contributed by atoms with van der Waals surface area (Å²) >= 11 is 0. The van der Waals surface area contributed by atoms with E-state index in [2.05, 4.69) is 26.8 Å². The van der Waals surface area contributed by atoms with E-state index in [-0.39, 0.29) is 23.1 Å². The minimum atomic E-state index is -0.462. The van der Waals surface area contributed by atoms with Crippen LogP contribution in [0.2, 0.25) is 0 Å². The Labute approximate surface area is 139 Å². The zero-order chi connectivity index (χ0) is 17.9. The van der Waals surface area contributed by atoms with Gasteiger partial charge in [-0.05, 0) is 31.6 Å². The molecule has 0 atom stereocenters. The van der Waals surface area contributed by atoms with Gasteiger partial charge in [0.2, 0.25) is 23.1 Å². The Morgan fingerprint density at radius 2 is 1.57 bits per heavy atom. The highest BCUT2D eigenvalue weighted by Crippen LogP contribution is 2.39. The van der Waals surface area contributed by atoms with Gasteiger partial charge in [0.1, 0.15) is 0 Å². The van der Waals surface area contributed by atoms with Crippen LogP contribution in [0.5, 0.6) is 0 Å². The van der Waals surface area contributed by atoms with E-state index in [1.54, 1.807) is 6.92 Å². The Morgan fingerprint density at radius 1 is 1.09 bits per heavy atom. The Hall–Kier alpha value is -1.84. The van der Waals surface area contributed by atoms with Crippen LogP contribution in [0.25, 0.3) is 0 Å². The van der Waals surface area contributed by atoms with Crippen LogP contribution in [-0.4, -0.2) is 25.8 Å². The van der Waals surface area contributed by atoms with Crippen LogP contribution < -0.4 is 0 Å². The van der Waals surface area contributed by atoms with Gasteiger partial charge >= 0.3 is 0 Å². The maximum atomic E-state index is 12.8. The molecule has 23 heavy (non-hydrogen) atoms. The van der Waals surface area contributed by atoms with Gasteiger partial charge in [-0.1, -0.05) is 39.3 Å². The molecule has 0 bridgehead atoms. The highest BCUT2D eigenvalue weighted by atomic mass is 16.5. The molecule has 0 saturated carbocycles. The Kier molecular flexibility index (Phi) is 5.98. The van der Waals surface area contributed by atoms with Crippen LogP contribution in [0.3, 0.4) is 0 Å².